The molecule has 2 heterocycles. The summed E-state index contributed by atoms with van der Waals surface area (Å²) in [7, 11) is 1.14. The van der Waals surface area contributed by atoms with Gasteiger partial charge in [-0.1, -0.05) is 0 Å². The summed E-state index contributed by atoms with van der Waals surface area (Å²) in [5.41, 5.74) is 6.80. The van der Waals surface area contributed by atoms with E-state index in [4.69, 9.17) is 5.73 Å². The molecule has 1 aliphatic rings. The SMILES string of the molecule is COC(=O)Nc1cc(Nc2cc(NC3CC3)c3ncc(N)n3n2)c(F)cc1F. The molecule has 4 rings (SSSR count). The predicted molar refractivity (Wildman–Crippen MR) is 99.7 cm³/mol. The standard InChI is InChI=1S/C17H17F2N7O2/c1-28-17(27)24-12-5-11(9(18)4-10(12)19)23-15-6-13(22-8-2-3-8)16-21-7-14(20)26(16)25-15/h4-8,22H,2-3,20H2,1H3,(H,23,25)(H,24,27). The highest BCUT2D eigenvalue weighted by Gasteiger charge is 2.23. The summed E-state index contributed by atoms with van der Waals surface area (Å²) in [4.78, 5) is 15.6. The third kappa shape index (κ3) is 3.46. The summed E-state index contributed by atoms with van der Waals surface area (Å²) in [5, 5.41) is 12.6. The van der Waals surface area contributed by atoms with Crippen molar-refractivity contribution in [3.63, 3.8) is 0 Å². The molecule has 0 unspecified atom stereocenters. The number of imidazole rings is 1. The molecule has 0 radical (unpaired) electrons. The molecule has 0 atom stereocenters. The van der Waals surface area contributed by atoms with Crippen LogP contribution in [0.3, 0.4) is 0 Å². The number of ether oxygens (including phenoxy) is 1. The van der Waals surface area contributed by atoms with E-state index in [2.05, 4.69) is 30.8 Å². The number of nitrogens with one attached hydrogen (secondary N) is 3. The van der Waals surface area contributed by atoms with Crippen LogP contribution in [0.1, 0.15) is 12.8 Å². The van der Waals surface area contributed by atoms with Gasteiger partial charge in [0.1, 0.15) is 17.5 Å². The summed E-state index contributed by atoms with van der Waals surface area (Å²) in [6, 6.07) is 3.77. The fourth-order valence-electron chi connectivity index (χ4n) is 2.64. The molecule has 0 bridgehead atoms. The van der Waals surface area contributed by atoms with Crippen LogP contribution >= 0.6 is 0 Å². The molecule has 2 aromatic heterocycles. The van der Waals surface area contributed by atoms with E-state index in [0.717, 1.165) is 26.0 Å². The zero-order chi connectivity index (χ0) is 19.8. The van der Waals surface area contributed by atoms with Gasteiger partial charge in [0.2, 0.25) is 0 Å². The number of benzene rings is 1. The van der Waals surface area contributed by atoms with Crippen LogP contribution in [0.15, 0.2) is 24.4 Å². The van der Waals surface area contributed by atoms with Crippen molar-refractivity contribution in [3.05, 3.63) is 36.0 Å². The normalized spacial score (nSPS) is 13.4. The number of carbonyl (C=O) groups is 1. The molecule has 28 heavy (non-hydrogen) atoms. The Morgan fingerprint density at radius 3 is 2.68 bits per heavy atom. The number of amides is 1. The van der Waals surface area contributed by atoms with E-state index in [-0.39, 0.29) is 17.2 Å². The van der Waals surface area contributed by atoms with Crippen molar-refractivity contribution in [1.29, 1.82) is 0 Å². The molecule has 1 saturated carbocycles. The number of fused-ring (bicyclic) bond motifs is 1. The molecule has 1 aromatic carbocycles. The average molecular weight is 389 g/mol. The molecule has 3 aromatic rings. The van der Waals surface area contributed by atoms with Crippen LogP contribution in [-0.2, 0) is 4.74 Å². The zero-order valence-electron chi connectivity index (χ0n) is 14.8. The third-order valence-corrected chi connectivity index (χ3v) is 4.17. The van der Waals surface area contributed by atoms with E-state index in [0.29, 0.717) is 29.3 Å². The van der Waals surface area contributed by atoms with Crippen LogP contribution in [0.4, 0.5) is 42.3 Å². The Bertz CT molecular complexity index is 1070. The first-order chi connectivity index (χ1) is 13.4. The number of methoxy groups -OCH3 is 1. The van der Waals surface area contributed by atoms with E-state index >= 15 is 0 Å². The van der Waals surface area contributed by atoms with E-state index in [1.54, 1.807) is 6.07 Å². The average Bonchev–Trinajstić information content (AvgIpc) is 3.40. The first-order valence-electron chi connectivity index (χ1n) is 8.46. The maximum absolute atomic E-state index is 14.3. The Balaban J connectivity index is 1.70. The van der Waals surface area contributed by atoms with Gasteiger partial charge in [0.25, 0.3) is 0 Å². The van der Waals surface area contributed by atoms with Gasteiger partial charge in [-0.05, 0) is 18.9 Å². The number of nitrogens with zero attached hydrogens (tertiary/aromatic N) is 3. The van der Waals surface area contributed by atoms with Crippen LogP contribution in [0.5, 0.6) is 0 Å². The van der Waals surface area contributed by atoms with Gasteiger partial charge in [0.05, 0.1) is 30.4 Å². The molecule has 5 N–H and O–H groups in total. The van der Waals surface area contributed by atoms with Crippen LogP contribution < -0.4 is 21.7 Å². The predicted octanol–water partition coefficient (Wildman–Crippen LogP) is 3.09. The molecule has 1 aliphatic carbocycles. The second kappa shape index (κ2) is 6.83. The number of nitrogen functional groups attached to an aromatic ring is 1. The van der Waals surface area contributed by atoms with Crippen molar-refractivity contribution in [2.24, 2.45) is 0 Å². The lowest BCUT2D eigenvalue weighted by Crippen LogP contribution is -2.13. The highest BCUT2D eigenvalue weighted by molar-refractivity contribution is 5.86. The Morgan fingerprint density at radius 1 is 1.21 bits per heavy atom. The monoisotopic (exact) mass is 389 g/mol. The smallest absolute Gasteiger partial charge is 0.411 e. The Labute approximate surface area is 157 Å². The molecule has 1 fully saturated rings. The molecule has 9 nitrogen and oxygen atoms in total. The summed E-state index contributed by atoms with van der Waals surface area (Å²) >= 11 is 0. The van der Waals surface area contributed by atoms with Gasteiger partial charge >= 0.3 is 6.09 Å². The van der Waals surface area contributed by atoms with Gasteiger partial charge in [-0.15, -0.1) is 5.10 Å². The largest absolute Gasteiger partial charge is 0.453 e. The van der Waals surface area contributed by atoms with Gasteiger partial charge in [-0.2, -0.15) is 4.52 Å². The van der Waals surface area contributed by atoms with Gasteiger partial charge in [0, 0.05) is 18.2 Å². The van der Waals surface area contributed by atoms with Crippen molar-refractivity contribution >= 4 is 40.4 Å². The number of halogens is 2. The second-order valence-corrected chi connectivity index (χ2v) is 6.33. The fourth-order valence-corrected chi connectivity index (χ4v) is 2.64. The van der Waals surface area contributed by atoms with Crippen molar-refractivity contribution in [2.45, 2.75) is 18.9 Å². The highest BCUT2D eigenvalue weighted by Crippen LogP contribution is 2.31. The maximum Gasteiger partial charge on any atom is 0.411 e. The molecule has 11 heteroatoms. The lowest BCUT2D eigenvalue weighted by molar-refractivity contribution is 0.187. The summed E-state index contributed by atoms with van der Waals surface area (Å²) in [6.07, 6.45) is 2.68. The summed E-state index contributed by atoms with van der Waals surface area (Å²) < 4.78 is 34.0. The van der Waals surface area contributed by atoms with Crippen LogP contribution in [0.25, 0.3) is 5.65 Å². The number of hydrogen-bond acceptors (Lipinski definition) is 7. The molecule has 146 valence electrons. The first-order valence-corrected chi connectivity index (χ1v) is 8.46. The second-order valence-electron chi connectivity index (χ2n) is 6.33. The first kappa shape index (κ1) is 17.8. The zero-order valence-corrected chi connectivity index (χ0v) is 14.8. The van der Waals surface area contributed by atoms with E-state index in [1.165, 1.54) is 10.7 Å². The van der Waals surface area contributed by atoms with Gasteiger partial charge < -0.3 is 21.1 Å². The number of rotatable bonds is 5. The topological polar surface area (TPSA) is 119 Å². The number of anilines is 5. The molecular weight excluding hydrogens is 372 g/mol. The third-order valence-electron chi connectivity index (χ3n) is 4.17. The summed E-state index contributed by atoms with van der Waals surface area (Å²) in [5.74, 6) is -1.23. The number of nitrogens with two attached hydrogens (primary N) is 1. The molecule has 0 saturated heterocycles. The number of aromatic nitrogens is 3. The minimum atomic E-state index is -0.938. The van der Waals surface area contributed by atoms with Crippen molar-refractivity contribution in [3.8, 4) is 0 Å². The Morgan fingerprint density at radius 2 is 1.96 bits per heavy atom. The van der Waals surface area contributed by atoms with Crippen molar-refractivity contribution < 1.29 is 18.3 Å². The quantitative estimate of drug-likeness (QED) is 0.529. The van der Waals surface area contributed by atoms with Gasteiger partial charge in [0.15, 0.2) is 11.5 Å². The van der Waals surface area contributed by atoms with Crippen molar-refractivity contribution in [2.75, 3.05) is 28.8 Å². The van der Waals surface area contributed by atoms with E-state index in [1.807, 2.05) is 0 Å². The molecule has 0 aliphatic heterocycles. The van der Waals surface area contributed by atoms with Gasteiger partial charge in [-0.3, -0.25) is 5.32 Å². The molecular formula is C17H17F2N7O2. The maximum atomic E-state index is 14.3. The Kier molecular flexibility index (Phi) is 4.34. The minimum Gasteiger partial charge on any atom is -0.453 e. The highest BCUT2D eigenvalue weighted by atomic mass is 19.1. The van der Waals surface area contributed by atoms with Crippen molar-refractivity contribution in [1.82, 2.24) is 14.6 Å². The van der Waals surface area contributed by atoms with Crippen LogP contribution in [-0.4, -0.2) is 33.8 Å². The van der Waals surface area contributed by atoms with E-state index in [9.17, 15) is 13.6 Å². The number of hydrogen-bond donors (Lipinski definition) is 4. The van der Waals surface area contributed by atoms with Crippen LogP contribution in [0.2, 0.25) is 0 Å². The summed E-state index contributed by atoms with van der Waals surface area (Å²) in [6.45, 7) is 0. The number of carbonyl (C=O) groups excluding carboxylic acids is 1. The molecule has 0 spiro atoms. The lowest BCUT2D eigenvalue weighted by Gasteiger charge is -2.13. The Hall–Kier alpha value is -3.63. The molecule has 1 amide bonds. The van der Waals surface area contributed by atoms with Gasteiger partial charge in [-0.25, -0.2) is 18.6 Å². The minimum absolute atomic E-state index is 0.0873. The van der Waals surface area contributed by atoms with E-state index < -0.39 is 17.7 Å². The van der Waals surface area contributed by atoms with Crippen LogP contribution in [0, 0.1) is 11.6 Å². The lowest BCUT2D eigenvalue weighted by atomic mass is 10.2. The fraction of sp³-hybridized carbons (Fsp3) is 0.235.